The van der Waals surface area contributed by atoms with Crippen LogP contribution in [0.4, 0.5) is 0 Å². The Morgan fingerprint density at radius 2 is 2.00 bits per heavy atom. The van der Waals surface area contributed by atoms with Crippen molar-refractivity contribution in [2.24, 2.45) is 0 Å². The van der Waals surface area contributed by atoms with Crippen LogP contribution in [0.15, 0.2) is 12.4 Å². The van der Waals surface area contributed by atoms with E-state index in [0.29, 0.717) is 18.2 Å². The van der Waals surface area contributed by atoms with Crippen LogP contribution in [-0.4, -0.2) is 42.1 Å². The highest BCUT2D eigenvalue weighted by molar-refractivity contribution is 5.82. The molecular weight excluding hydrogens is 268 g/mol. The number of hydrogen-bond donors (Lipinski definition) is 0. The van der Waals surface area contributed by atoms with Gasteiger partial charge in [0.25, 0.3) is 0 Å². The third-order valence-corrected chi connectivity index (χ3v) is 3.69. The van der Waals surface area contributed by atoms with E-state index in [1.165, 1.54) is 0 Å². The van der Waals surface area contributed by atoms with Crippen molar-refractivity contribution in [3.63, 3.8) is 0 Å². The molecule has 3 heterocycles. The number of amides is 1. The van der Waals surface area contributed by atoms with Crippen LogP contribution in [-0.2, 0) is 11.3 Å². The second kappa shape index (κ2) is 5.23. The van der Waals surface area contributed by atoms with Crippen molar-refractivity contribution in [2.45, 2.75) is 39.8 Å². The molecule has 0 bridgehead atoms. The number of carbonyl (C=O) groups excluding carboxylic acids is 1. The zero-order valence-electron chi connectivity index (χ0n) is 12.4. The van der Waals surface area contributed by atoms with E-state index in [4.69, 9.17) is 0 Å². The summed E-state index contributed by atoms with van der Waals surface area (Å²) >= 11 is 0. The Balaban J connectivity index is 2.01. The molecule has 0 saturated carbocycles. The predicted octanol–water partition coefficient (Wildman–Crippen LogP) is 1.36. The van der Waals surface area contributed by atoms with Gasteiger partial charge in [0.1, 0.15) is 11.9 Å². The third kappa shape index (κ3) is 2.28. The first-order chi connectivity index (χ1) is 10.1. The molecule has 0 spiro atoms. The number of rotatable bonds is 3. The fourth-order valence-corrected chi connectivity index (χ4v) is 2.63. The molecule has 110 valence electrons. The minimum absolute atomic E-state index is 0.110. The van der Waals surface area contributed by atoms with Crippen LogP contribution >= 0.6 is 0 Å². The first-order valence-corrected chi connectivity index (χ1v) is 7.13. The highest BCUT2D eigenvalue weighted by Crippen LogP contribution is 2.27. The van der Waals surface area contributed by atoms with Gasteiger partial charge in [0.2, 0.25) is 5.91 Å². The minimum atomic E-state index is -0.299. The summed E-state index contributed by atoms with van der Waals surface area (Å²) in [7, 11) is 0. The minimum Gasteiger partial charge on any atom is -0.333 e. The highest BCUT2D eigenvalue weighted by atomic mass is 16.2. The van der Waals surface area contributed by atoms with Crippen molar-refractivity contribution in [3.05, 3.63) is 24.0 Å². The maximum atomic E-state index is 12.4. The Labute approximate surface area is 123 Å². The van der Waals surface area contributed by atoms with Gasteiger partial charge in [0.05, 0.1) is 12.1 Å². The standard InChI is InChI=1S/C14H18N6O/c1-4-5-19-8-12-17-18-13(20(12)9(2)14(19)21)11-6-15-10(3)16-7-11/h6-7,9H,4-5,8H2,1-3H3/t9-/m1/s1. The summed E-state index contributed by atoms with van der Waals surface area (Å²) in [5, 5.41) is 8.47. The van der Waals surface area contributed by atoms with Crippen molar-refractivity contribution in [1.29, 1.82) is 0 Å². The zero-order valence-corrected chi connectivity index (χ0v) is 12.4. The molecule has 0 unspecified atom stereocenters. The number of aryl methyl sites for hydroxylation is 1. The van der Waals surface area contributed by atoms with Crippen LogP contribution in [0.2, 0.25) is 0 Å². The van der Waals surface area contributed by atoms with Gasteiger partial charge in [-0.05, 0) is 20.3 Å². The molecule has 0 radical (unpaired) electrons. The zero-order chi connectivity index (χ0) is 15.0. The Morgan fingerprint density at radius 3 is 2.67 bits per heavy atom. The lowest BCUT2D eigenvalue weighted by atomic mass is 10.2. The van der Waals surface area contributed by atoms with Gasteiger partial charge >= 0.3 is 0 Å². The lowest BCUT2D eigenvalue weighted by molar-refractivity contribution is -0.136. The van der Waals surface area contributed by atoms with Gasteiger partial charge in [-0.1, -0.05) is 6.92 Å². The molecule has 1 aliphatic rings. The van der Waals surface area contributed by atoms with Crippen LogP contribution in [0, 0.1) is 6.92 Å². The second-order valence-electron chi connectivity index (χ2n) is 5.26. The van der Waals surface area contributed by atoms with Gasteiger partial charge in [0.15, 0.2) is 11.6 Å². The number of hydrogen-bond acceptors (Lipinski definition) is 5. The van der Waals surface area contributed by atoms with E-state index in [0.717, 1.165) is 24.4 Å². The third-order valence-electron chi connectivity index (χ3n) is 3.69. The molecule has 0 saturated heterocycles. The number of fused-ring (bicyclic) bond motifs is 1. The molecule has 3 rings (SSSR count). The molecule has 1 aliphatic heterocycles. The van der Waals surface area contributed by atoms with Crippen LogP contribution in [0.3, 0.4) is 0 Å². The van der Waals surface area contributed by atoms with Gasteiger partial charge in [-0.25, -0.2) is 9.97 Å². The normalized spacial score (nSPS) is 18.0. The fourth-order valence-electron chi connectivity index (χ4n) is 2.63. The van der Waals surface area contributed by atoms with Gasteiger partial charge in [0, 0.05) is 18.9 Å². The Morgan fingerprint density at radius 1 is 1.29 bits per heavy atom. The molecule has 0 N–H and O–H groups in total. The van der Waals surface area contributed by atoms with Crippen molar-refractivity contribution >= 4 is 5.91 Å². The molecule has 2 aromatic heterocycles. The van der Waals surface area contributed by atoms with Crippen LogP contribution in [0.1, 0.15) is 38.0 Å². The van der Waals surface area contributed by atoms with Crippen molar-refractivity contribution in [3.8, 4) is 11.4 Å². The molecule has 7 nitrogen and oxygen atoms in total. The molecule has 1 amide bonds. The lowest BCUT2D eigenvalue weighted by Crippen LogP contribution is -2.42. The van der Waals surface area contributed by atoms with Crippen LogP contribution < -0.4 is 0 Å². The second-order valence-corrected chi connectivity index (χ2v) is 5.26. The molecule has 0 fully saturated rings. The first-order valence-electron chi connectivity index (χ1n) is 7.13. The molecule has 0 aromatic carbocycles. The van der Waals surface area contributed by atoms with Crippen molar-refractivity contribution in [1.82, 2.24) is 29.6 Å². The summed E-state index contributed by atoms with van der Waals surface area (Å²) in [6.07, 6.45) is 4.37. The quantitative estimate of drug-likeness (QED) is 0.851. The Bertz CT molecular complexity index is 663. The summed E-state index contributed by atoms with van der Waals surface area (Å²) in [4.78, 5) is 22.6. The van der Waals surface area contributed by atoms with E-state index in [2.05, 4.69) is 27.1 Å². The van der Waals surface area contributed by atoms with Gasteiger partial charge in [-0.3, -0.25) is 9.36 Å². The summed E-state index contributed by atoms with van der Waals surface area (Å²) in [6, 6.07) is -0.299. The monoisotopic (exact) mass is 286 g/mol. The van der Waals surface area contributed by atoms with Crippen molar-refractivity contribution < 1.29 is 4.79 Å². The van der Waals surface area contributed by atoms with Crippen LogP contribution in [0.25, 0.3) is 11.4 Å². The SMILES string of the molecule is CCCN1Cc2nnc(-c3cnc(C)nc3)n2[C@H](C)C1=O. The molecule has 21 heavy (non-hydrogen) atoms. The first kappa shape index (κ1) is 13.7. The number of carbonyl (C=O) groups is 1. The number of nitrogens with zero attached hydrogens (tertiary/aromatic N) is 6. The largest absolute Gasteiger partial charge is 0.333 e. The van der Waals surface area contributed by atoms with Crippen molar-refractivity contribution in [2.75, 3.05) is 6.54 Å². The average Bonchev–Trinajstić information content (AvgIpc) is 2.89. The molecule has 1 atom stereocenters. The summed E-state index contributed by atoms with van der Waals surface area (Å²) in [5.74, 6) is 2.28. The van der Waals surface area contributed by atoms with Gasteiger partial charge < -0.3 is 4.90 Å². The Kier molecular flexibility index (Phi) is 3.40. The highest BCUT2D eigenvalue weighted by Gasteiger charge is 2.33. The van der Waals surface area contributed by atoms with E-state index < -0.39 is 0 Å². The maximum Gasteiger partial charge on any atom is 0.245 e. The smallest absolute Gasteiger partial charge is 0.245 e. The van der Waals surface area contributed by atoms with Crippen LogP contribution in [0.5, 0.6) is 0 Å². The van der Waals surface area contributed by atoms with E-state index in [9.17, 15) is 4.79 Å². The summed E-state index contributed by atoms with van der Waals surface area (Å²) < 4.78 is 1.89. The lowest BCUT2D eigenvalue weighted by Gasteiger charge is -2.31. The molecule has 7 heteroatoms. The average molecular weight is 286 g/mol. The molecular formula is C14H18N6O. The predicted molar refractivity (Wildman–Crippen MR) is 76.2 cm³/mol. The summed E-state index contributed by atoms with van der Waals surface area (Å²) in [5.41, 5.74) is 0.781. The van der Waals surface area contributed by atoms with Gasteiger partial charge in [-0.15, -0.1) is 10.2 Å². The van der Waals surface area contributed by atoms with Gasteiger partial charge in [-0.2, -0.15) is 0 Å². The molecule has 2 aromatic rings. The van der Waals surface area contributed by atoms with E-state index in [-0.39, 0.29) is 11.9 Å². The topological polar surface area (TPSA) is 76.8 Å². The maximum absolute atomic E-state index is 12.4. The number of aromatic nitrogens is 5. The molecule has 0 aliphatic carbocycles. The van der Waals surface area contributed by atoms with E-state index in [1.807, 2.05) is 23.3 Å². The fraction of sp³-hybridized carbons (Fsp3) is 0.500. The van der Waals surface area contributed by atoms with E-state index >= 15 is 0 Å². The Hall–Kier alpha value is -2.31. The van der Waals surface area contributed by atoms with E-state index in [1.54, 1.807) is 12.4 Å². The summed E-state index contributed by atoms with van der Waals surface area (Å²) in [6.45, 7) is 7.04.